The van der Waals surface area contributed by atoms with Crippen LogP contribution in [0, 0.1) is 0 Å². The third-order valence-electron chi connectivity index (χ3n) is 11.8. The topological polar surface area (TPSA) is 59.2 Å². The fourth-order valence-electron chi connectivity index (χ4n) is 9.17. The van der Waals surface area contributed by atoms with Crippen molar-refractivity contribution in [2.24, 2.45) is 4.99 Å². The number of fused-ring (bicyclic) bond motifs is 1. The second-order valence-electron chi connectivity index (χ2n) is 15.4. The Bertz CT molecular complexity index is 3300. The molecule has 0 N–H and O–H groups in total. The molecule has 0 bridgehead atoms. The summed E-state index contributed by atoms with van der Waals surface area (Å²) in [6.07, 6.45) is 8.62. The van der Waals surface area contributed by atoms with E-state index in [0.29, 0.717) is 17.3 Å². The van der Waals surface area contributed by atoms with Gasteiger partial charge in [-0.2, -0.15) is 0 Å². The lowest BCUT2D eigenvalue weighted by atomic mass is 9.92. The van der Waals surface area contributed by atoms with E-state index in [1.165, 1.54) is 26.9 Å². The fourth-order valence-corrected chi connectivity index (χ4v) is 9.17. The molecule has 6 nitrogen and oxygen atoms in total. The monoisotopic (exact) mass is 768 g/mol. The molecule has 2 aromatic heterocycles. The predicted octanol–water partition coefficient (Wildman–Crippen LogP) is 12.4. The van der Waals surface area contributed by atoms with Crippen LogP contribution >= 0.6 is 0 Å². The Morgan fingerprint density at radius 3 is 1.80 bits per heavy atom. The molecule has 8 aromatic carbocycles. The van der Waals surface area contributed by atoms with Gasteiger partial charge in [-0.1, -0.05) is 170 Å². The Kier molecular flexibility index (Phi) is 7.88. The number of hydrogen-bond donors (Lipinski definition) is 0. The highest BCUT2D eigenvalue weighted by atomic mass is 15.3. The molecule has 2 unspecified atom stereocenters. The van der Waals surface area contributed by atoms with Gasteiger partial charge in [-0.05, 0) is 68.7 Å². The summed E-state index contributed by atoms with van der Waals surface area (Å²) in [7, 11) is 0. The molecule has 0 saturated heterocycles. The molecule has 6 heteroatoms. The first kappa shape index (κ1) is 34.1. The molecule has 2 aliphatic rings. The van der Waals surface area contributed by atoms with Gasteiger partial charge in [0.25, 0.3) is 0 Å². The highest BCUT2D eigenvalue weighted by molar-refractivity contribution is 6.25. The standard InChI is InChI=1S/C54H36N6/c1-5-16-38(17-6-1)50-51(39-18-7-2-8-19-39)60(41-24-11-4-12-25-41)54(58-50)46-34-45(53-57-44-26-13-14-27-47(44)59(53)40-22-9-3-10-23-40)55-52(56-46)43-33-31-37-29-28-35-20-15-21-36-30-32-42(43)49(37)48(35)36/h1-34,44,47H. The van der Waals surface area contributed by atoms with Gasteiger partial charge < -0.3 is 4.90 Å². The number of allylic oxidation sites excluding steroid dienone is 2. The van der Waals surface area contributed by atoms with Crippen molar-refractivity contribution in [1.82, 2.24) is 19.5 Å². The zero-order valence-corrected chi connectivity index (χ0v) is 32.5. The molecule has 0 radical (unpaired) electrons. The zero-order valence-electron chi connectivity index (χ0n) is 32.5. The Hall–Kier alpha value is -7.96. The molecule has 0 saturated carbocycles. The summed E-state index contributed by atoms with van der Waals surface area (Å²) in [4.78, 5) is 24.4. The predicted molar refractivity (Wildman–Crippen MR) is 246 cm³/mol. The summed E-state index contributed by atoms with van der Waals surface area (Å²) >= 11 is 0. The average molecular weight is 769 g/mol. The van der Waals surface area contributed by atoms with E-state index >= 15 is 0 Å². The van der Waals surface area contributed by atoms with Crippen molar-refractivity contribution < 1.29 is 0 Å². The number of nitrogens with zero attached hydrogens (tertiary/aromatic N) is 6. The van der Waals surface area contributed by atoms with Crippen LogP contribution in [0.25, 0.3) is 83.4 Å². The Labute approximate surface area is 347 Å². The van der Waals surface area contributed by atoms with Crippen molar-refractivity contribution >= 4 is 43.8 Å². The summed E-state index contributed by atoms with van der Waals surface area (Å²) in [5.74, 6) is 2.12. The van der Waals surface area contributed by atoms with Gasteiger partial charge in [0.15, 0.2) is 17.5 Å². The first-order valence-electron chi connectivity index (χ1n) is 20.4. The molecule has 3 heterocycles. The van der Waals surface area contributed by atoms with Crippen molar-refractivity contribution in [2.45, 2.75) is 12.1 Å². The number of imidazole rings is 1. The minimum Gasteiger partial charge on any atom is -0.315 e. The first-order chi connectivity index (χ1) is 29.8. The summed E-state index contributed by atoms with van der Waals surface area (Å²) < 4.78 is 2.26. The minimum atomic E-state index is -0.0673. The molecule has 0 fully saturated rings. The van der Waals surface area contributed by atoms with Crippen LogP contribution < -0.4 is 4.90 Å². The van der Waals surface area contributed by atoms with E-state index in [2.05, 4.69) is 204 Å². The quantitative estimate of drug-likeness (QED) is 0.152. The minimum absolute atomic E-state index is 0.00415. The van der Waals surface area contributed by atoms with Gasteiger partial charge in [-0.25, -0.2) is 15.0 Å². The third-order valence-corrected chi connectivity index (χ3v) is 11.8. The maximum absolute atomic E-state index is 5.58. The van der Waals surface area contributed by atoms with E-state index in [0.717, 1.165) is 56.4 Å². The van der Waals surface area contributed by atoms with Crippen LogP contribution in [0.3, 0.4) is 0 Å². The van der Waals surface area contributed by atoms with Crippen LogP contribution in [0.15, 0.2) is 211 Å². The van der Waals surface area contributed by atoms with Crippen molar-refractivity contribution in [1.29, 1.82) is 0 Å². The largest absolute Gasteiger partial charge is 0.315 e. The maximum Gasteiger partial charge on any atom is 0.164 e. The van der Waals surface area contributed by atoms with Gasteiger partial charge in [0, 0.05) is 28.1 Å². The normalized spacial score (nSPS) is 15.9. The molecular weight excluding hydrogens is 733 g/mol. The van der Waals surface area contributed by atoms with Gasteiger partial charge in [0.1, 0.15) is 11.4 Å². The van der Waals surface area contributed by atoms with Gasteiger partial charge in [-0.15, -0.1) is 0 Å². The van der Waals surface area contributed by atoms with Gasteiger partial charge in [0.2, 0.25) is 0 Å². The van der Waals surface area contributed by atoms with Gasteiger partial charge in [-0.3, -0.25) is 9.56 Å². The van der Waals surface area contributed by atoms with Crippen molar-refractivity contribution in [3.8, 4) is 51.1 Å². The molecule has 0 spiro atoms. The van der Waals surface area contributed by atoms with E-state index in [1.807, 2.05) is 12.1 Å². The highest BCUT2D eigenvalue weighted by Crippen LogP contribution is 2.42. The highest BCUT2D eigenvalue weighted by Gasteiger charge is 2.37. The van der Waals surface area contributed by atoms with Gasteiger partial charge in [0.05, 0.1) is 23.5 Å². The number of para-hydroxylation sites is 2. The average Bonchev–Trinajstić information content (AvgIpc) is 3.92. The number of hydrogen-bond acceptors (Lipinski definition) is 5. The van der Waals surface area contributed by atoms with E-state index in [4.69, 9.17) is 19.9 Å². The zero-order chi connectivity index (χ0) is 39.6. The van der Waals surface area contributed by atoms with Gasteiger partial charge >= 0.3 is 0 Å². The molecule has 1 aliphatic heterocycles. The molecule has 60 heavy (non-hydrogen) atoms. The smallest absolute Gasteiger partial charge is 0.164 e. The van der Waals surface area contributed by atoms with Crippen molar-refractivity contribution in [3.05, 3.63) is 212 Å². The SMILES string of the molecule is C1=CC2N=C(c3cc(-c4nc(-c5ccccc5)c(-c5ccccc5)n4-c4ccccc4)nc(-c4ccc5ccc6cccc7ccc4c5c67)n3)N(c3ccccc3)C2C=C1. The van der Waals surface area contributed by atoms with Crippen LogP contribution in [-0.2, 0) is 0 Å². The van der Waals surface area contributed by atoms with Crippen molar-refractivity contribution in [3.63, 3.8) is 0 Å². The van der Waals surface area contributed by atoms with E-state index in [1.54, 1.807) is 0 Å². The molecular formula is C54H36N6. The third kappa shape index (κ3) is 5.49. The van der Waals surface area contributed by atoms with Crippen LogP contribution in [0.5, 0.6) is 0 Å². The second-order valence-corrected chi connectivity index (χ2v) is 15.4. The number of aliphatic imine (C=N–C) groups is 1. The first-order valence-corrected chi connectivity index (χ1v) is 20.4. The van der Waals surface area contributed by atoms with Crippen LogP contribution in [0.2, 0.25) is 0 Å². The van der Waals surface area contributed by atoms with Crippen LogP contribution in [0.1, 0.15) is 5.69 Å². The number of anilines is 1. The van der Waals surface area contributed by atoms with E-state index in [-0.39, 0.29) is 12.1 Å². The van der Waals surface area contributed by atoms with Crippen molar-refractivity contribution in [2.75, 3.05) is 4.90 Å². The maximum atomic E-state index is 5.58. The number of benzene rings is 8. The summed E-state index contributed by atoms with van der Waals surface area (Å²) in [6, 6.07) is 63.8. The van der Waals surface area contributed by atoms with E-state index < -0.39 is 0 Å². The molecule has 1 aliphatic carbocycles. The number of amidine groups is 1. The number of aromatic nitrogens is 4. The summed E-state index contributed by atoms with van der Waals surface area (Å²) in [6.45, 7) is 0. The lowest BCUT2D eigenvalue weighted by molar-refractivity contribution is 0.739. The number of rotatable bonds is 7. The molecule has 10 aromatic rings. The summed E-state index contributed by atoms with van der Waals surface area (Å²) in [5, 5.41) is 7.19. The Morgan fingerprint density at radius 2 is 1.07 bits per heavy atom. The van der Waals surface area contributed by atoms with E-state index in [9.17, 15) is 0 Å². The fraction of sp³-hybridized carbons (Fsp3) is 0.0370. The lowest BCUT2D eigenvalue weighted by Gasteiger charge is -2.28. The second kappa shape index (κ2) is 13.9. The molecule has 282 valence electrons. The molecule has 12 rings (SSSR count). The molecule has 0 amide bonds. The Balaban J connectivity index is 1.17. The van der Waals surface area contributed by atoms with Crippen LogP contribution in [0.4, 0.5) is 5.69 Å². The summed E-state index contributed by atoms with van der Waals surface area (Å²) in [5.41, 5.74) is 8.34. The molecule has 2 atom stereocenters. The lowest BCUT2D eigenvalue weighted by Crippen LogP contribution is -2.39. The Morgan fingerprint density at radius 1 is 0.467 bits per heavy atom. The van der Waals surface area contributed by atoms with Crippen LogP contribution in [-0.4, -0.2) is 37.4 Å².